The van der Waals surface area contributed by atoms with Crippen molar-refractivity contribution in [1.29, 1.82) is 0 Å². The topological polar surface area (TPSA) is 119 Å². The molecule has 2 aromatic rings. The molecule has 4 heterocycles. The fraction of sp³-hybridized carbons (Fsp3) is 0.500. The number of carbonyl (C=O) groups is 1. The van der Waals surface area contributed by atoms with E-state index in [1.165, 1.54) is 0 Å². The minimum atomic E-state index is -0.547. The number of pyridine rings is 1. The number of nitrogens with zero attached hydrogens (tertiary/aromatic N) is 6. The van der Waals surface area contributed by atoms with Gasteiger partial charge in [0.1, 0.15) is 11.1 Å². The Morgan fingerprint density at radius 3 is 2.69 bits per heavy atom. The van der Waals surface area contributed by atoms with Crippen LogP contribution in [0.2, 0.25) is 0 Å². The Morgan fingerprint density at radius 2 is 2.00 bits per heavy atom. The van der Waals surface area contributed by atoms with Crippen molar-refractivity contribution in [3.05, 3.63) is 41.8 Å². The minimum absolute atomic E-state index is 0.328. The first kappa shape index (κ1) is 25.6. The molecule has 2 aliphatic heterocycles. The van der Waals surface area contributed by atoms with Gasteiger partial charge >= 0.3 is 6.09 Å². The molecule has 0 unspecified atom stereocenters. The van der Waals surface area contributed by atoms with E-state index in [-0.39, 0.29) is 6.09 Å². The number of morpholine rings is 1. The Kier molecular flexibility index (Phi) is 7.26. The summed E-state index contributed by atoms with van der Waals surface area (Å²) in [6.07, 6.45) is 7.34. The zero-order valence-electron chi connectivity index (χ0n) is 21.7. The molecule has 0 spiro atoms. The van der Waals surface area contributed by atoms with E-state index in [4.69, 9.17) is 15.2 Å². The first-order valence-corrected chi connectivity index (χ1v) is 12.2. The van der Waals surface area contributed by atoms with E-state index >= 15 is 0 Å². The van der Waals surface area contributed by atoms with E-state index in [2.05, 4.69) is 24.8 Å². The van der Waals surface area contributed by atoms with Crippen LogP contribution in [0.4, 0.5) is 16.6 Å². The van der Waals surface area contributed by atoms with Gasteiger partial charge in [-0.05, 0) is 64.8 Å². The van der Waals surface area contributed by atoms with E-state index in [1.807, 2.05) is 52.8 Å². The lowest BCUT2D eigenvalue weighted by Crippen LogP contribution is -2.52. The fourth-order valence-corrected chi connectivity index (χ4v) is 4.23. The van der Waals surface area contributed by atoms with Crippen molar-refractivity contribution in [2.24, 2.45) is 10.7 Å². The van der Waals surface area contributed by atoms with Gasteiger partial charge in [0.05, 0.1) is 18.7 Å². The van der Waals surface area contributed by atoms with Gasteiger partial charge in [0.25, 0.3) is 5.95 Å². The van der Waals surface area contributed by atoms with Crippen LogP contribution in [0.15, 0.2) is 46.7 Å². The number of rotatable bonds is 4. The highest BCUT2D eigenvalue weighted by Gasteiger charge is 2.37. The highest BCUT2D eigenvalue weighted by atomic mass is 16.6. The van der Waals surface area contributed by atoms with Gasteiger partial charge in [-0.2, -0.15) is 4.98 Å². The van der Waals surface area contributed by atoms with Crippen molar-refractivity contribution < 1.29 is 14.3 Å². The second kappa shape index (κ2) is 10.2. The van der Waals surface area contributed by atoms with Crippen LogP contribution in [0, 0.1) is 0 Å². The van der Waals surface area contributed by atoms with Crippen LogP contribution in [0.3, 0.4) is 0 Å². The molecule has 2 aliphatic rings. The van der Waals surface area contributed by atoms with E-state index < -0.39 is 11.1 Å². The predicted molar refractivity (Wildman–Crippen MR) is 141 cm³/mol. The molecular formula is C26H35N7O3. The van der Waals surface area contributed by atoms with Crippen molar-refractivity contribution in [2.75, 3.05) is 37.7 Å². The third kappa shape index (κ3) is 5.99. The summed E-state index contributed by atoms with van der Waals surface area (Å²) in [5.41, 5.74) is 8.43. The van der Waals surface area contributed by atoms with Gasteiger partial charge in [0.2, 0.25) is 0 Å². The number of carbonyl (C=O) groups excluding carboxylic acids is 1. The molecule has 0 aliphatic carbocycles. The molecule has 0 aromatic carbocycles. The Morgan fingerprint density at radius 1 is 1.25 bits per heavy atom. The number of hydrogen-bond acceptors (Lipinski definition) is 9. The minimum Gasteiger partial charge on any atom is -0.444 e. The molecule has 0 radical (unpaired) electrons. The Labute approximate surface area is 211 Å². The molecule has 2 N–H and O–H groups in total. The predicted octanol–water partition coefficient (Wildman–Crippen LogP) is 3.75. The summed E-state index contributed by atoms with van der Waals surface area (Å²) < 4.78 is 11.0. The number of amides is 1. The zero-order chi connectivity index (χ0) is 25.9. The average Bonchev–Trinajstić information content (AvgIpc) is 2.82. The lowest BCUT2D eigenvalue weighted by Gasteiger charge is -2.42. The zero-order valence-corrected chi connectivity index (χ0v) is 21.7. The molecule has 4 rings (SSSR count). The second-order valence-electron chi connectivity index (χ2n) is 10.5. The Balaban J connectivity index is 1.52. The maximum atomic E-state index is 12.6. The monoisotopic (exact) mass is 493 g/mol. The average molecular weight is 494 g/mol. The number of nitrogens with two attached hydrogens (primary N) is 1. The number of allylic oxidation sites excluding steroid dienone is 2. The molecule has 0 bridgehead atoms. The van der Waals surface area contributed by atoms with Gasteiger partial charge in [-0.1, -0.05) is 6.08 Å². The van der Waals surface area contributed by atoms with Gasteiger partial charge in [0.15, 0.2) is 5.82 Å². The molecule has 36 heavy (non-hydrogen) atoms. The van der Waals surface area contributed by atoms with Gasteiger partial charge < -0.3 is 20.1 Å². The SMILES string of the molecule is CC(C)(C)OC(=O)N1CC=C(C(N)=CC=Nc2nc(N3CCOCC3)c3ncccc3n2)CC1(C)C. The smallest absolute Gasteiger partial charge is 0.411 e. The van der Waals surface area contributed by atoms with Crippen LogP contribution >= 0.6 is 0 Å². The van der Waals surface area contributed by atoms with Crippen molar-refractivity contribution in [3.8, 4) is 0 Å². The molecule has 1 amide bonds. The standard InChI is InChI=1S/C26H35N7O3/c1-25(2,3)36-24(34)33-12-9-18(17-26(33,4)5)19(27)8-11-29-23-30-20-7-6-10-28-21(20)22(31-23)32-13-15-35-16-14-32/h6-11H,12-17,27H2,1-5H3. The number of anilines is 1. The van der Waals surface area contributed by atoms with Crippen LogP contribution in [0.5, 0.6) is 0 Å². The molecule has 1 fully saturated rings. The number of ether oxygens (including phenoxy) is 2. The summed E-state index contributed by atoms with van der Waals surface area (Å²) >= 11 is 0. The highest BCUT2D eigenvalue weighted by Crippen LogP contribution is 2.31. The molecule has 10 nitrogen and oxygen atoms in total. The number of fused-ring (bicyclic) bond motifs is 1. The largest absolute Gasteiger partial charge is 0.444 e. The maximum Gasteiger partial charge on any atom is 0.411 e. The quantitative estimate of drug-likeness (QED) is 0.640. The van der Waals surface area contributed by atoms with Gasteiger partial charge in [0, 0.05) is 43.3 Å². The van der Waals surface area contributed by atoms with Crippen LogP contribution in [-0.2, 0) is 9.47 Å². The second-order valence-corrected chi connectivity index (χ2v) is 10.5. The molecule has 2 aromatic heterocycles. The van der Waals surface area contributed by atoms with Crippen LogP contribution in [-0.4, -0.2) is 76.1 Å². The molecule has 10 heteroatoms. The van der Waals surface area contributed by atoms with Crippen molar-refractivity contribution in [2.45, 2.75) is 52.2 Å². The van der Waals surface area contributed by atoms with Crippen LogP contribution in [0.1, 0.15) is 41.0 Å². The third-order valence-electron chi connectivity index (χ3n) is 6.04. The summed E-state index contributed by atoms with van der Waals surface area (Å²) in [7, 11) is 0. The summed E-state index contributed by atoms with van der Waals surface area (Å²) in [6, 6.07) is 3.75. The van der Waals surface area contributed by atoms with Crippen molar-refractivity contribution >= 4 is 35.1 Å². The van der Waals surface area contributed by atoms with E-state index in [1.54, 1.807) is 23.4 Å². The molecule has 0 saturated carbocycles. The van der Waals surface area contributed by atoms with Crippen molar-refractivity contribution in [1.82, 2.24) is 19.9 Å². The Hall–Kier alpha value is -3.53. The highest BCUT2D eigenvalue weighted by molar-refractivity contribution is 5.87. The Bertz CT molecular complexity index is 1210. The van der Waals surface area contributed by atoms with E-state index in [9.17, 15) is 4.79 Å². The summed E-state index contributed by atoms with van der Waals surface area (Å²) in [5, 5.41) is 0. The number of hydrogen-bond donors (Lipinski definition) is 1. The lowest BCUT2D eigenvalue weighted by atomic mass is 9.88. The van der Waals surface area contributed by atoms with Gasteiger partial charge in [-0.15, -0.1) is 0 Å². The third-order valence-corrected chi connectivity index (χ3v) is 6.04. The molecule has 1 saturated heterocycles. The summed E-state index contributed by atoms with van der Waals surface area (Å²) in [4.78, 5) is 34.7. The summed E-state index contributed by atoms with van der Waals surface area (Å²) in [5.74, 6) is 1.10. The van der Waals surface area contributed by atoms with Crippen LogP contribution < -0.4 is 10.6 Å². The van der Waals surface area contributed by atoms with Crippen LogP contribution in [0.25, 0.3) is 11.0 Å². The number of aromatic nitrogens is 3. The molecular weight excluding hydrogens is 458 g/mol. The summed E-state index contributed by atoms with van der Waals surface area (Å²) in [6.45, 7) is 12.8. The van der Waals surface area contributed by atoms with E-state index in [0.29, 0.717) is 37.8 Å². The molecule has 0 atom stereocenters. The van der Waals surface area contributed by atoms with Gasteiger partial charge in [-0.3, -0.25) is 9.88 Å². The first-order chi connectivity index (χ1) is 17.0. The van der Waals surface area contributed by atoms with Crippen molar-refractivity contribution in [3.63, 3.8) is 0 Å². The lowest BCUT2D eigenvalue weighted by molar-refractivity contribution is 0.00490. The first-order valence-electron chi connectivity index (χ1n) is 12.2. The fourth-order valence-electron chi connectivity index (χ4n) is 4.23. The number of aliphatic imine (C=N–C) groups is 1. The molecule has 192 valence electrons. The maximum absolute atomic E-state index is 12.6. The van der Waals surface area contributed by atoms with Gasteiger partial charge in [-0.25, -0.2) is 14.8 Å². The van der Waals surface area contributed by atoms with E-state index in [0.717, 1.165) is 35.5 Å². The normalized spacial score (nSPS) is 19.0.